The van der Waals surface area contributed by atoms with Gasteiger partial charge in [-0.3, -0.25) is 14.9 Å². The van der Waals surface area contributed by atoms with Crippen molar-refractivity contribution >= 4 is 44.9 Å². The average Bonchev–Trinajstić information content (AvgIpc) is 3.33. The molecule has 0 saturated heterocycles. The first-order valence-corrected chi connectivity index (χ1v) is 10.2. The molecule has 6 nitrogen and oxygen atoms in total. The van der Waals surface area contributed by atoms with Gasteiger partial charge in [-0.05, 0) is 49.2 Å². The summed E-state index contributed by atoms with van der Waals surface area (Å²) in [5, 5.41) is 9.03. The summed E-state index contributed by atoms with van der Waals surface area (Å²) in [7, 11) is 0. The van der Waals surface area contributed by atoms with Crippen molar-refractivity contribution in [1.29, 1.82) is 0 Å². The van der Waals surface area contributed by atoms with E-state index in [2.05, 4.69) is 15.6 Å². The van der Waals surface area contributed by atoms with Crippen molar-refractivity contribution < 1.29 is 14.0 Å². The van der Waals surface area contributed by atoms with Crippen molar-refractivity contribution in [2.75, 3.05) is 10.6 Å². The number of fused-ring (bicyclic) bond motifs is 1. The Bertz CT molecular complexity index is 1170. The van der Waals surface area contributed by atoms with Crippen LogP contribution in [0.4, 0.5) is 10.8 Å². The maximum Gasteiger partial charge on any atom is 0.257 e. The van der Waals surface area contributed by atoms with Crippen LogP contribution in [0.3, 0.4) is 0 Å². The highest BCUT2D eigenvalue weighted by molar-refractivity contribution is 7.14. The number of nitrogens with zero attached hydrogens (tertiary/aromatic N) is 1. The molecule has 5 rings (SSSR count). The van der Waals surface area contributed by atoms with Crippen LogP contribution >= 0.6 is 11.3 Å². The minimum absolute atomic E-state index is 0.0445. The lowest BCUT2D eigenvalue weighted by molar-refractivity contribution is -0.117. The van der Waals surface area contributed by atoms with Crippen LogP contribution in [0.25, 0.3) is 22.4 Å². The number of rotatable bonds is 5. The number of benzene rings is 2. The third kappa shape index (κ3) is 3.77. The molecule has 2 aromatic carbocycles. The smallest absolute Gasteiger partial charge is 0.257 e. The Kier molecular flexibility index (Phi) is 4.37. The fourth-order valence-corrected chi connectivity index (χ4v) is 3.71. The second kappa shape index (κ2) is 7.18. The number of hydrogen-bond donors (Lipinski definition) is 2. The van der Waals surface area contributed by atoms with Gasteiger partial charge in [-0.1, -0.05) is 18.2 Å². The van der Waals surface area contributed by atoms with Gasteiger partial charge >= 0.3 is 0 Å². The summed E-state index contributed by atoms with van der Waals surface area (Å²) >= 11 is 1.34. The molecule has 7 heteroatoms. The highest BCUT2D eigenvalue weighted by atomic mass is 32.1. The van der Waals surface area contributed by atoms with Crippen LogP contribution in [0.5, 0.6) is 0 Å². The van der Waals surface area contributed by atoms with Gasteiger partial charge in [0.05, 0.1) is 0 Å². The monoisotopic (exact) mass is 403 g/mol. The van der Waals surface area contributed by atoms with E-state index in [1.165, 1.54) is 11.3 Å². The van der Waals surface area contributed by atoms with Crippen LogP contribution in [0.1, 0.15) is 23.2 Å². The van der Waals surface area contributed by atoms with Crippen LogP contribution < -0.4 is 10.6 Å². The highest BCUT2D eigenvalue weighted by Crippen LogP contribution is 2.31. The molecular weight excluding hydrogens is 386 g/mol. The molecule has 0 bridgehead atoms. The van der Waals surface area contributed by atoms with Crippen molar-refractivity contribution in [3.05, 3.63) is 65.5 Å². The minimum Gasteiger partial charge on any atom is -0.454 e. The zero-order chi connectivity index (χ0) is 19.8. The Balaban J connectivity index is 1.26. The molecule has 1 aliphatic carbocycles. The standard InChI is InChI=1S/C22H17N3O3S/c26-20(13-5-6-13)23-16-9-7-14(8-10-16)21(27)25-22-24-17(12-29-22)19-11-15-3-1-2-4-18(15)28-19/h1-4,7-13H,5-6H2,(H,23,26)(H,24,25,27). The first kappa shape index (κ1) is 17.6. The van der Waals surface area contributed by atoms with Crippen LogP contribution in [-0.2, 0) is 4.79 Å². The Morgan fingerprint density at radius 1 is 1.03 bits per heavy atom. The predicted molar refractivity (Wildman–Crippen MR) is 113 cm³/mol. The number of aromatic nitrogens is 1. The fourth-order valence-electron chi connectivity index (χ4n) is 3.02. The quantitative estimate of drug-likeness (QED) is 0.482. The number of carbonyl (C=O) groups is 2. The van der Waals surface area contributed by atoms with Gasteiger partial charge in [-0.2, -0.15) is 0 Å². The number of hydrogen-bond acceptors (Lipinski definition) is 5. The molecule has 2 aromatic heterocycles. The topological polar surface area (TPSA) is 84.2 Å². The molecule has 0 spiro atoms. The summed E-state index contributed by atoms with van der Waals surface area (Å²) in [6, 6.07) is 16.5. The zero-order valence-electron chi connectivity index (χ0n) is 15.3. The molecular formula is C22H17N3O3S. The molecule has 2 amide bonds. The molecule has 2 heterocycles. The first-order valence-electron chi connectivity index (χ1n) is 9.32. The van der Waals surface area contributed by atoms with Gasteiger partial charge in [0.2, 0.25) is 5.91 Å². The van der Waals surface area contributed by atoms with Crippen LogP contribution in [-0.4, -0.2) is 16.8 Å². The summed E-state index contributed by atoms with van der Waals surface area (Å²) in [6.07, 6.45) is 1.91. The lowest BCUT2D eigenvalue weighted by Gasteiger charge is -2.06. The van der Waals surface area contributed by atoms with E-state index in [9.17, 15) is 9.59 Å². The van der Waals surface area contributed by atoms with Crippen LogP contribution in [0.15, 0.2) is 64.4 Å². The normalized spacial score (nSPS) is 13.4. The summed E-state index contributed by atoms with van der Waals surface area (Å²) < 4.78 is 5.82. The van der Waals surface area contributed by atoms with E-state index < -0.39 is 0 Å². The van der Waals surface area contributed by atoms with Gasteiger partial charge in [-0.25, -0.2) is 4.98 Å². The van der Waals surface area contributed by atoms with E-state index in [1.807, 2.05) is 35.7 Å². The van der Waals surface area contributed by atoms with Gasteiger partial charge < -0.3 is 9.73 Å². The average molecular weight is 403 g/mol. The molecule has 1 saturated carbocycles. The number of amides is 2. The maximum atomic E-state index is 12.5. The molecule has 1 fully saturated rings. The summed E-state index contributed by atoms with van der Waals surface area (Å²) in [5.74, 6) is 0.598. The molecule has 29 heavy (non-hydrogen) atoms. The number of nitrogens with one attached hydrogen (secondary N) is 2. The fraction of sp³-hybridized carbons (Fsp3) is 0.136. The van der Waals surface area contributed by atoms with E-state index >= 15 is 0 Å². The molecule has 0 unspecified atom stereocenters. The second-order valence-electron chi connectivity index (χ2n) is 6.98. The van der Waals surface area contributed by atoms with E-state index in [-0.39, 0.29) is 17.7 Å². The molecule has 0 atom stereocenters. The lowest BCUT2D eigenvalue weighted by Crippen LogP contribution is -2.14. The van der Waals surface area contributed by atoms with E-state index in [0.29, 0.717) is 27.8 Å². The van der Waals surface area contributed by atoms with E-state index in [1.54, 1.807) is 24.3 Å². The highest BCUT2D eigenvalue weighted by Gasteiger charge is 2.29. The van der Waals surface area contributed by atoms with Crippen molar-refractivity contribution in [3.63, 3.8) is 0 Å². The van der Waals surface area contributed by atoms with Crippen LogP contribution in [0, 0.1) is 5.92 Å². The van der Waals surface area contributed by atoms with Gasteiger partial charge in [-0.15, -0.1) is 11.3 Å². The Hall–Kier alpha value is -3.45. The van der Waals surface area contributed by atoms with Crippen molar-refractivity contribution in [2.24, 2.45) is 5.92 Å². The van der Waals surface area contributed by atoms with Gasteiger partial charge in [0.25, 0.3) is 5.91 Å². The van der Waals surface area contributed by atoms with Crippen molar-refractivity contribution in [2.45, 2.75) is 12.8 Å². The molecule has 1 aliphatic rings. The largest absolute Gasteiger partial charge is 0.454 e. The molecule has 144 valence electrons. The number of carbonyl (C=O) groups excluding carboxylic acids is 2. The molecule has 0 radical (unpaired) electrons. The summed E-state index contributed by atoms with van der Waals surface area (Å²) in [6.45, 7) is 0. The number of para-hydroxylation sites is 1. The Labute approximate surface area is 170 Å². The van der Waals surface area contributed by atoms with Crippen molar-refractivity contribution in [3.8, 4) is 11.5 Å². The van der Waals surface area contributed by atoms with E-state index in [0.717, 1.165) is 23.8 Å². The molecule has 0 aliphatic heterocycles. The van der Waals surface area contributed by atoms with Gasteiger partial charge in [0.1, 0.15) is 11.3 Å². The third-order valence-electron chi connectivity index (χ3n) is 4.77. The Morgan fingerprint density at radius 2 is 1.83 bits per heavy atom. The van der Waals surface area contributed by atoms with Gasteiger partial charge in [0, 0.05) is 27.9 Å². The maximum absolute atomic E-state index is 12.5. The SMILES string of the molecule is O=C(Nc1nc(-c2cc3ccccc3o2)cs1)c1ccc(NC(=O)C2CC2)cc1. The first-order chi connectivity index (χ1) is 14.2. The molecule has 2 N–H and O–H groups in total. The minimum atomic E-state index is -0.254. The summed E-state index contributed by atoms with van der Waals surface area (Å²) in [4.78, 5) is 28.8. The molecule has 4 aromatic rings. The predicted octanol–water partition coefficient (Wildman–Crippen LogP) is 5.16. The second-order valence-corrected chi connectivity index (χ2v) is 7.84. The number of anilines is 2. The van der Waals surface area contributed by atoms with Crippen molar-refractivity contribution in [1.82, 2.24) is 4.98 Å². The number of thiazole rings is 1. The number of furan rings is 1. The van der Waals surface area contributed by atoms with E-state index in [4.69, 9.17) is 4.42 Å². The zero-order valence-corrected chi connectivity index (χ0v) is 16.2. The lowest BCUT2D eigenvalue weighted by atomic mass is 10.2. The third-order valence-corrected chi connectivity index (χ3v) is 5.52. The van der Waals surface area contributed by atoms with Crippen LogP contribution in [0.2, 0.25) is 0 Å². The summed E-state index contributed by atoms with van der Waals surface area (Å²) in [5.41, 5.74) is 2.67. The van der Waals surface area contributed by atoms with Gasteiger partial charge in [0.15, 0.2) is 10.9 Å². The Morgan fingerprint density at radius 3 is 2.59 bits per heavy atom.